The molecule has 94 valence electrons. The van der Waals surface area contributed by atoms with Crippen LogP contribution in [0.15, 0.2) is 0 Å². The number of nitrogens with one attached hydrogen (secondary N) is 1. The van der Waals surface area contributed by atoms with Gasteiger partial charge in [0, 0.05) is 18.0 Å². The lowest BCUT2D eigenvalue weighted by Crippen LogP contribution is -2.47. The second-order valence-electron chi connectivity index (χ2n) is 5.41. The molecule has 3 N–H and O–H groups in total. The highest BCUT2D eigenvalue weighted by molar-refractivity contribution is 5.85. The Morgan fingerprint density at radius 1 is 1.25 bits per heavy atom. The van der Waals surface area contributed by atoms with E-state index >= 15 is 0 Å². The molecule has 2 rings (SSSR count). The van der Waals surface area contributed by atoms with E-state index in [1.54, 1.807) is 0 Å². The van der Waals surface area contributed by atoms with E-state index in [1.165, 1.54) is 0 Å². The highest BCUT2D eigenvalue weighted by Crippen LogP contribution is 2.28. The molecule has 2 unspecified atom stereocenters. The summed E-state index contributed by atoms with van der Waals surface area (Å²) in [6.45, 7) is 2.24. The van der Waals surface area contributed by atoms with Crippen LogP contribution in [0.25, 0.3) is 0 Å². The normalized spacial score (nSPS) is 38.1. The van der Waals surface area contributed by atoms with Gasteiger partial charge in [0.15, 0.2) is 0 Å². The highest BCUT2D eigenvalue weighted by Gasteiger charge is 2.30. The number of halogens is 1. The minimum atomic E-state index is 0. The Morgan fingerprint density at radius 2 is 1.94 bits per heavy atom. The maximum atomic E-state index is 11.9. The van der Waals surface area contributed by atoms with Crippen LogP contribution in [0.4, 0.5) is 0 Å². The van der Waals surface area contributed by atoms with Gasteiger partial charge in [-0.3, -0.25) is 4.79 Å². The van der Waals surface area contributed by atoms with E-state index in [9.17, 15) is 4.79 Å². The first-order chi connectivity index (χ1) is 7.15. The number of carbonyl (C=O) groups is 1. The monoisotopic (exact) mass is 246 g/mol. The van der Waals surface area contributed by atoms with E-state index in [2.05, 4.69) is 12.2 Å². The highest BCUT2D eigenvalue weighted by atomic mass is 35.5. The summed E-state index contributed by atoms with van der Waals surface area (Å²) in [6.07, 6.45) is 6.43. The standard InChI is InChI=1S/C12H22N2O.ClH/c1-8-5-11(6-8)14-12(15)9-3-2-4-10(13)7-9;/h8-11H,2-7,13H2,1H3,(H,14,15);1H. The predicted octanol–water partition coefficient (Wildman–Crippen LogP) is 1.84. The van der Waals surface area contributed by atoms with Gasteiger partial charge in [-0.05, 0) is 38.0 Å². The second-order valence-corrected chi connectivity index (χ2v) is 5.41. The smallest absolute Gasteiger partial charge is 0.223 e. The number of rotatable bonds is 2. The van der Waals surface area contributed by atoms with Gasteiger partial charge in [-0.25, -0.2) is 0 Å². The van der Waals surface area contributed by atoms with Crippen LogP contribution in [-0.2, 0) is 4.79 Å². The van der Waals surface area contributed by atoms with Crippen molar-refractivity contribution in [1.29, 1.82) is 0 Å². The molecule has 2 aliphatic rings. The number of amides is 1. The molecule has 0 aromatic heterocycles. The zero-order valence-electron chi connectivity index (χ0n) is 9.95. The first-order valence-electron chi connectivity index (χ1n) is 6.21. The van der Waals surface area contributed by atoms with Crippen molar-refractivity contribution in [3.05, 3.63) is 0 Å². The lowest BCUT2D eigenvalue weighted by Gasteiger charge is -2.35. The average molecular weight is 247 g/mol. The molecular weight excluding hydrogens is 224 g/mol. The third kappa shape index (κ3) is 3.36. The molecule has 1 amide bonds. The van der Waals surface area contributed by atoms with E-state index in [-0.39, 0.29) is 30.3 Å². The Bertz CT molecular complexity index is 241. The fraction of sp³-hybridized carbons (Fsp3) is 0.917. The molecule has 0 saturated heterocycles. The molecule has 2 saturated carbocycles. The topological polar surface area (TPSA) is 55.1 Å². The van der Waals surface area contributed by atoms with Gasteiger partial charge in [0.2, 0.25) is 5.91 Å². The van der Waals surface area contributed by atoms with Crippen molar-refractivity contribution >= 4 is 18.3 Å². The van der Waals surface area contributed by atoms with Crippen molar-refractivity contribution in [2.24, 2.45) is 17.6 Å². The molecule has 0 radical (unpaired) electrons. The molecule has 0 aliphatic heterocycles. The zero-order chi connectivity index (χ0) is 10.8. The molecule has 2 fully saturated rings. The van der Waals surface area contributed by atoms with Crippen LogP contribution in [0.1, 0.15) is 45.4 Å². The van der Waals surface area contributed by atoms with Crippen LogP contribution in [0.5, 0.6) is 0 Å². The Balaban J connectivity index is 0.00000128. The average Bonchev–Trinajstić information content (AvgIpc) is 2.15. The molecule has 0 aromatic rings. The van der Waals surface area contributed by atoms with Crippen molar-refractivity contribution in [1.82, 2.24) is 5.32 Å². The molecule has 0 heterocycles. The molecule has 3 nitrogen and oxygen atoms in total. The summed E-state index contributed by atoms with van der Waals surface area (Å²) in [6, 6.07) is 0.695. The predicted molar refractivity (Wildman–Crippen MR) is 67.5 cm³/mol. The van der Waals surface area contributed by atoms with Crippen molar-refractivity contribution in [2.45, 2.75) is 57.5 Å². The van der Waals surface area contributed by atoms with Crippen molar-refractivity contribution < 1.29 is 4.79 Å². The van der Waals surface area contributed by atoms with Gasteiger partial charge in [-0.1, -0.05) is 13.3 Å². The largest absolute Gasteiger partial charge is 0.353 e. The van der Waals surface area contributed by atoms with Crippen LogP contribution >= 0.6 is 12.4 Å². The zero-order valence-corrected chi connectivity index (χ0v) is 10.8. The maximum absolute atomic E-state index is 11.9. The first kappa shape index (κ1) is 13.8. The van der Waals surface area contributed by atoms with E-state index < -0.39 is 0 Å². The van der Waals surface area contributed by atoms with Gasteiger partial charge in [-0.2, -0.15) is 0 Å². The summed E-state index contributed by atoms with van der Waals surface area (Å²) >= 11 is 0. The summed E-state index contributed by atoms with van der Waals surface area (Å²) in [4.78, 5) is 11.9. The number of hydrogen-bond donors (Lipinski definition) is 2. The van der Waals surface area contributed by atoms with E-state index in [4.69, 9.17) is 5.73 Å². The minimum Gasteiger partial charge on any atom is -0.353 e. The fourth-order valence-corrected chi connectivity index (χ4v) is 2.80. The number of carbonyl (C=O) groups excluding carboxylic acids is 1. The maximum Gasteiger partial charge on any atom is 0.223 e. The van der Waals surface area contributed by atoms with Crippen LogP contribution in [0.3, 0.4) is 0 Å². The third-order valence-corrected chi connectivity index (χ3v) is 3.81. The van der Waals surface area contributed by atoms with Crippen molar-refractivity contribution in [3.8, 4) is 0 Å². The summed E-state index contributed by atoms with van der Waals surface area (Å²) in [5.74, 6) is 1.23. The quantitative estimate of drug-likeness (QED) is 0.781. The SMILES string of the molecule is CC1CC(NC(=O)C2CCCC(N)C2)C1.Cl. The summed E-state index contributed by atoms with van der Waals surface area (Å²) in [7, 11) is 0. The van der Waals surface area contributed by atoms with E-state index in [0.29, 0.717) is 6.04 Å². The Morgan fingerprint density at radius 3 is 2.50 bits per heavy atom. The van der Waals surface area contributed by atoms with Crippen LogP contribution < -0.4 is 11.1 Å². The molecule has 0 spiro atoms. The molecular formula is C12H23ClN2O. The first-order valence-corrected chi connectivity index (χ1v) is 6.21. The lowest BCUT2D eigenvalue weighted by molar-refractivity contribution is -0.127. The lowest BCUT2D eigenvalue weighted by atomic mass is 9.80. The van der Waals surface area contributed by atoms with Gasteiger partial charge in [0.25, 0.3) is 0 Å². The van der Waals surface area contributed by atoms with Gasteiger partial charge in [-0.15, -0.1) is 12.4 Å². The Kier molecular flexibility index (Phi) is 5.06. The molecule has 0 aromatic carbocycles. The van der Waals surface area contributed by atoms with Gasteiger partial charge >= 0.3 is 0 Å². The van der Waals surface area contributed by atoms with E-state index in [1.807, 2.05) is 0 Å². The summed E-state index contributed by atoms with van der Waals surface area (Å²) < 4.78 is 0. The Hall–Kier alpha value is -0.280. The molecule has 0 bridgehead atoms. The van der Waals surface area contributed by atoms with Gasteiger partial charge < -0.3 is 11.1 Å². The number of nitrogens with two attached hydrogens (primary N) is 1. The Labute approximate surface area is 104 Å². The number of hydrogen-bond acceptors (Lipinski definition) is 2. The molecule has 4 heteroatoms. The van der Waals surface area contributed by atoms with E-state index in [0.717, 1.165) is 44.4 Å². The molecule has 2 atom stereocenters. The summed E-state index contributed by atoms with van der Waals surface area (Å²) in [5, 5.41) is 3.14. The van der Waals surface area contributed by atoms with Crippen LogP contribution in [0, 0.1) is 11.8 Å². The molecule has 16 heavy (non-hydrogen) atoms. The third-order valence-electron chi connectivity index (χ3n) is 3.81. The van der Waals surface area contributed by atoms with Crippen molar-refractivity contribution in [3.63, 3.8) is 0 Å². The van der Waals surface area contributed by atoms with Gasteiger partial charge in [0.1, 0.15) is 0 Å². The molecule has 2 aliphatic carbocycles. The van der Waals surface area contributed by atoms with Gasteiger partial charge in [0.05, 0.1) is 0 Å². The van der Waals surface area contributed by atoms with Crippen molar-refractivity contribution in [2.75, 3.05) is 0 Å². The second kappa shape index (κ2) is 5.87. The summed E-state index contributed by atoms with van der Waals surface area (Å²) in [5.41, 5.74) is 5.88. The minimum absolute atomic E-state index is 0. The van der Waals surface area contributed by atoms with Crippen LogP contribution in [-0.4, -0.2) is 18.0 Å². The van der Waals surface area contributed by atoms with Crippen LogP contribution in [0.2, 0.25) is 0 Å². The fourth-order valence-electron chi connectivity index (χ4n) is 2.80.